The van der Waals surface area contributed by atoms with Crippen LogP contribution in [0.25, 0.3) is 0 Å². The van der Waals surface area contributed by atoms with Crippen molar-refractivity contribution in [1.29, 1.82) is 0 Å². The van der Waals surface area contributed by atoms with Gasteiger partial charge in [-0.15, -0.1) is 0 Å². The molecule has 5 nitrogen and oxygen atoms in total. The van der Waals surface area contributed by atoms with Crippen molar-refractivity contribution in [3.05, 3.63) is 28.3 Å². The SMILES string of the molecule is COc1ccc([N+](=O)[O-])cc1OCCBr. The number of benzene rings is 1. The highest BCUT2D eigenvalue weighted by Crippen LogP contribution is 2.30. The molecule has 0 aliphatic carbocycles. The molecule has 0 bridgehead atoms. The summed E-state index contributed by atoms with van der Waals surface area (Å²) in [6.45, 7) is 0.428. The first-order chi connectivity index (χ1) is 7.19. The van der Waals surface area contributed by atoms with Crippen LogP contribution in [0.4, 0.5) is 5.69 Å². The zero-order valence-electron chi connectivity index (χ0n) is 8.10. The summed E-state index contributed by atoms with van der Waals surface area (Å²) in [5.41, 5.74) is -0.0135. The molecule has 0 fully saturated rings. The van der Waals surface area contributed by atoms with Gasteiger partial charge in [0.25, 0.3) is 5.69 Å². The van der Waals surface area contributed by atoms with Crippen molar-refractivity contribution in [2.24, 2.45) is 0 Å². The second-order valence-electron chi connectivity index (χ2n) is 2.63. The summed E-state index contributed by atoms with van der Waals surface area (Å²) < 4.78 is 10.3. The molecule has 0 atom stereocenters. The van der Waals surface area contributed by atoms with Crippen molar-refractivity contribution in [2.75, 3.05) is 19.0 Å². The molecule has 0 aromatic heterocycles. The highest BCUT2D eigenvalue weighted by Gasteiger charge is 2.11. The molecule has 0 radical (unpaired) electrons. The van der Waals surface area contributed by atoms with Crippen LogP contribution in [0.5, 0.6) is 11.5 Å². The number of rotatable bonds is 5. The van der Waals surface area contributed by atoms with Gasteiger partial charge in [0.1, 0.15) is 0 Å². The van der Waals surface area contributed by atoms with Gasteiger partial charge in [-0.05, 0) is 6.07 Å². The van der Waals surface area contributed by atoms with Gasteiger partial charge in [0.15, 0.2) is 11.5 Å². The fourth-order valence-corrected chi connectivity index (χ4v) is 1.20. The Morgan fingerprint density at radius 2 is 2.20 bits per heavy atom. The molecule has 0 N–H and O–H groups in total. The first-order valence-corrected chi connectivity index (χ1v) is 5.32. The quantitative estimate of drug-likeness (QED) is 0.470. The molecule has 0 heterocycles. The molecule has 0 aliphatic heterocycles. The number of nitrogens with zero attached hydrogens (tertiary/aromatic N) is 1. The third-order valence-electron chi connectivity index (χ3n) is 1.69. The first kappa shape index (κ1) is 11.8. The summed E-state index contributed by atoms with van der Waals surface area (Å²) in [4.78, 5) is 10.1. The average molecular weight is 276 g/mol. The van der Waals surface area contributed by atoms with E-state index in [1.165, 1.54) is 25.3 Å². The van der Waals surface area contributed by atoms with Crippen LogP contribution >= 0.6 is 15.9 Å². The van der Waals surface area contributed by atoms with E-state index in [1.54, 1.807) is 0 Å². The number of ether oxygens (including phenoxy) is 2. The van der Waals surface area contributed by atoms with Gasteiger partial charge in [-0.1, -0.05) is 15.9 Å². The molecule has 82 valence electrons. The van der Waals surface area contributed by atoms with E-state index in [2.05, 4.69) is 15.9 Å². The van der Waals surface area contributed by atoms with E-state index >= 15 is 0 Å². The van der Waals surface area contributed by atoms with Crippen LogP contribution in [0.15, 0.2) is 18.2 Å². The summed E-state index contributed by atoms with van der Waals surface area (Å²) in [6, 6.07) is 4.24. The van der Waals surface area contributed by atoms with E-state index in [0.717, 1.165) is 0 Å². The van der Waals surface area contributed by atoms with Crippen LogP contribution in [0, 0.1) is 10.1 Å². The molecular formula is C9H10BrNO4. The number of halogens is 1. The maximum atomic E-state index is 10.5. The van der Waals surface area contributed by atoms with Crippen molar-refractivity contribution in [1.82, 2.24) is 0 Å². The normalized spacial score (nSPS) is 9.73. The van der Waals surface area contributed by atoms with E-state index in [-0.39, 0.29) is 5.69 Å². The third-order valence-corrected chi connectivity index (χ3v) is 2.02. The van der Waals surface area contributed by atoms with Crippen LogP contribution < -0.4 is 9.47 Å². The minimum atomic E-state index is -0.472. The maximum Gasteiger partial charge on any atom is 0.273 e. The van der Waals surface area contributed by atoms with E-state index < -0.39 is 4.92 Å². The van der Waals surface area contributed by atoms with Crippen molar-refractivity contribution in [3.8, 4) is 11.5 Å². The van der Waals surface area contributed by atoms with Gasteiger partial charge in [0.05, 0.1) is 24.7 Å². The van der Waals surface area contributed by atoms with Gasteiger partial charge in [-0.3, -0.25) is 10.1 Å². The van der Waals surface area contributed by atoms with E-state index in [1.807, 2.05) is 0 Å². The Hall–Kier alpha value is -1.30. The van der Waals surface area contributed by atoms with Crippen LogP contribution in [-0.4, -0.2) is 24.0 Å². The lowest BCUT2D eigenvalue weighted by Gasteiger charge is -2.08. The van der Waals surface area contributed by atoms with Crippen molar-refractivity contribution in [3.63, 3.8) is 0 Å². The fourth-order valence-electron chi connectivity index (χ4n) is 1.04. The second kappa shape index (κ2) is 5.55. The highest BCUT2D eigenvalue weighted by atomic mass is 79.9. The zero-order chi connectivity index (χ0) is 11.3. The molecule has 1 aromatic carbocycles. The van der Waals surface area contributed by atoms with E-state index in [4.69, 9.17) is 9.47 Å². The summed E-state index contributed by atoms with van der Waals surface area (Å²) in [7, 11) is 1.49. The van der Waals surface area contributed by atoms with Crippen molar-refractivity contribution < 1.29 is 14.4 Å². The summed E-state index contributed by atoms with van der Waals surface area (Å²) in [5, 5.41) is 11.2. The molecular weight excluding hydrogens is 266 g/mol. The Balaban J connectivity index is 2.96. The van der Waals surface area contributed by atoms with Gasteiger partial charge in [0, 0.05) is 11.4 Å². The van der Waals surface area contributed by atoms with Crippen LogP contribution in [-0.2, 0) is 0 Å². The lowest BCUT2D eigenvalue weighted by Crippen LogP contribution is -2.00. The van der Waals surface area contributed by atoms with Gasteiger partial charge < -0.3 is 9.47 Å². The number of non-ortho nitro benzene ring substituents is 1. The Bertz CT molecular complexity index is 356. The van der Waals surface area contributed by atoms with Gasteiger partial charge in [-0.25, -0.2) is 0 Å². The summed E-state index contributed by atoms with van der Waals surface area (Å²) in [6.07, 6.45) is 0. The Kier molecular flexibility index (Phi) is 4.36. The number of methoxy groups -OCH3 is 1. The van der Waals surface area contributed by atoms with E-state index in [9.17, 15) is 10.1 Å². The second-order valence-corrected chi connectivity index (χ2v) is 3.42. The Morgan fingerprint density at radius 1 is 1.47 bits per heavy atom. The van der Waals surface area contributed by atoms with Crippen LogP contribution in [0.1, 0.15) is 0 Å². The maximum absolute atomic E-state index is 10.5. The largest absolute Gasteiger partial charge is 0.493 e. The number of hydrogen-bond donors (Lipinski definition) is 0. The molecule has 0 saturated heterocycles. The minimum absolute atomic E-state index is 0.0135. The molecule has 1 aromatic rings. The Morgan fingerprint density at radius 3 is 2.73 bits per heavy atom. The predicted molar refractivity (Wildman–Crippen MR) is 58.9 cm³/mol. The topological polar surface area (TPSA) is 61.6 Å². The molecule has 1 rings (SSSR count). The number of alkyl halides is 1. The van der Waals surface area contributed by atoms with Gasteiger partial charge in [-0.2, -0.15) is 0 Å². The van der Waals surface area contributed by atoms with Crippen LogP contribution in [0.2, 0.25) is 0 Å². The Labute approximate surface area is 95.3 Å². The number of nitro groups is 1. The third kappa shape index (κ3) is 3.09. The zero-order valence-corrected chi connectivity index (χ0v) is 9.69. The highest BCUT2D eigenvalue weighted by molar-refractivity contribution is 9.09. The van der Waals surface area contributed by atoms with Gasteiger partial charge in [0.2, 0.25) is 0 Å². The summed E-state index contributed by atoms with van der Waals surface area (Å²) in [5.74, 6) is 0.868. The average Bonchev–Trinajstić information content (AvgIpc) is 2.25. The molecule has 0 unspecified atom stereocenters. The first-order valence-electron chi connectivity index (χ1n) is 4.20. The molecule has 0 spiro atoms. The molecule has 0 amide bonds. The molecule has 6 heteroatoms. The minimum Gasteiger partial charge on any atom is -0.493 e. The molecule has 0 saturated carbocycles. The number of hydrogen-bond acceptors (Lipinski definition) is 4. The monoisotopic (exact) mass is 275 g/mol. The summed E-state index contributed by atoms with van der Waals surface area (Å²) >= 11 is 3.20. The van der Waals surface area contributed by atoms with Crippen LogP contribution in [0.3, 0.4) is 0 Å². The van der Waals surface area contributed by atoms with Gasteiger partial charge >= 0.3 is 0 Å². The van der Waals surface area contributed by atoms with E-state index in [0.29, 0.717) is 23.4 Å². The predicted octanol–water partition coefficient (Wildman–Crippen LogP) is 2.38. The number of nitro benzene ring substituents is 1. The smallest absolute Gasteiger partial charge is 0.273 e. The lowest BCUT2D eigenvalue weighted by atomic mass is 10.3. The van der Waals surface area contributed by atoms with Crippen molar-refractivity contribution in [2.45, 2.75) is 0 Å². The fraction of sp³-hybridized carbons (Fsp3) is 0.333. The standard InChI is InChI=1S/C9H10BrNO4/c1-14-8-3-2-7(11(12)13)6-9(8)15-5-4-10/h2-3,6H,4-5H2,1H3. The lowest BCUT2D eigenvalue weighted by molar-refractivity contribution is -0.385. The van der Waals surface area contributed by atoms with Crippen molar-refractivity contribution >= 4 is 21.6 Å². The molecule has 0 aliphatic rings. The molecule has 15 heavy (non-hydrogen) atoms.